The number of carbonyl (C=O) groups excluding carboxylic acids is 2. The zero-order chi connectivity index (χ0) is 13.4. The molecule has 1 rings (SSSR count). The molecule has 0 atom stereocenters. The number of nitrogens with one attached hydrogen (secondary N) is 1. The van der Waals surface area contributed by atoms with Gasteiger partial charge in [-0.3, -0.25) is 0 Å². The summed E-state index contributed by atoms with van der Waals surface area (Å²) >= 11 is 0. The minimum Gasteiger partial charge on any atom is -0.351 e. The molecule has 0 fully saturated rings. The summed E-state index contributed by atoms with van der Waals surface area (Å²) < 4.78 is 0. The highest BCUT2D eigenvalue weighted by Gasteiger charge is 2.17. The fourth-order valence-electron chi connectivity index (χ4n) is 1.50. The lowest BCUT2D eigenvalue weighted by molar-refractivity contribution is 0.190. The van der Waals surface area contributed by atoms with Crippen molar-refractivity contribution < 1.29 is 9.59 Å². The lowest BCUT2D eigenvalue weighted by Gasteiger charge is -2.18. The highest BCUT2D eigenvalue weighted by Crippen LogP contribution is 2.00. The maximum absolute atomic E-state index is 11.8. The Labute approximate surface area is 107 Å². The number of nitrogens with zero attached hydrogens (tertiary/aromatic N) is 1. The molecule has 0 saturated heterocycles. The molecule has 1 aromatic rings. The van der Waals surface area contributed by atoms with E-state index >= 15 is 0 Å². The Bertz CT molecular complexity index is 392. The summed E-state index contributed by atoms with van der Waals surface area (Å²) in [5.41, 5.74) is 6.15. The van der Waals surface area contributed by atoms with Crippen LogP contribution in [0.1, 0.15) is 25.3 Å². The van der Waals surface area contributed by atoms with Crippen molar-refractivity contribution in [2.24, 2.45) is 5.73 Å². The second-order valence-corrected chi connectivity index (χ2v) is 3.99. The Morgan fingerprint density at radius 3 is 2.50 bits per heavy atom. The van der Waals surface area contributed by atoms with E-state index in [1.54, 1.807) is 0 Å². The number of carbonyl (C=O) groups is 2. The van der Waals surface area contributed by atoms with Crippen LogP contribution in [0.4, 0.5) is 9.59 Å². The van der Waals surface area contributed by atoms with Crippen molar-refractivity contribution in [3.05, 3.63) is 35.9 Å². The molecule has 98 valence electrons. The third kappa shape index (κ3) is 4.45. The molecule has 0 radical (unpaired) electrons. The Morgan fingerprint density at radius 1 is 1.28 bits per heavy atom. The van der Waals surface area contributed by atoms with Gasteiger partial charge in [0.05, 0.1) is 0 Å². The molecule has 0 spiro atoms. The minimum absolute atomic E-state index is 0.354. The van der Waals surface area contributed by atoms with Gasteiger partial charge in [-0.15, -0.1) is 0 Å². The first-order valence-corrected chi connectivity index (χ1v) is 6.04. The van der Waals surface area contributed by atoms with E-state index in [0.29, 0.717) is 13.1 Å². The minimum atomic E-state index is -0.714. The van der Waals surface area contributed by atoms with Gasteiger partial charge in [-0.1, -0.05) is 43.7 Å². The van der Waals surface area contributed by atoms with Crippen molar-refractivity contribution in [3.8, 4) is 0 Å². The number of urea groups is 2. The smallest absolute Gasteiger partial charge is 0.325 e. The van der Waals surface area contributed by atoms with Crippen molar-refractivity contribution in [2.45, 2.75) is 26.3 Å². The third-order valence-electron chi connectivity index (χ3n) is 2.53. The molecule has 0 aliphatic heterocycles. The zero-order valence-electron chi connectivity index (χ0n) is 10.6. The number of rotatable bonds is 5. The number of primary amides is 1. The van der Waals surface area contributed by atoms with Gasteiger partial charge in [-0.05, 0) is 12.0 Å². The molecule has 5 nitrogen and oxygen atoms in total. The molecule has 0 saturated carbocycles. The predicted molar refractivity (Wildman–Crippen MR) is 69.9 cm³/mol. The largest absolute Gasteiger partial charge is 0.351 e. The molecule has 0 unspecified atom stereocenters. The van der Waals surface area contributed by atoms with E-state index in [1.165, 1.54) is 0 Å². The van der Waals surface area contributed by atoms with Gasteiger partial charge >= 0.3 is 12.1 Å². The molecule has 1 aromatic carbocycles. The van der Waals surface area contributed by atoms with Gasteiger partial charge in [0, 0.05) is 13.1 Å². The van der Waals surface area contributed by atoms with Gasteiger partial charge in [0.15, 0.2) is 0 Å². The van der Waals surface area contributed by atoms with Crippen LogP contribution >= 0.6 is 0 Å². The van der Waals surface area contributed by atoms with Crippen molar-refractivity contribution in [1.29, 1.82) is 0 Å². The number of imide groups is 1. The summed E-state index contributed by atoms with van der Waals surface area (Å²) in [7, 11) is 0. The monoisotopic (exact) mass is 249 g/mol. The molecule has 5 heteroatoms. The molecule has 0 heterocycles. The van der Waals surface area contributed by atoms with Crippen molar-refractivity contribution >= 4 is 12.1 Å². The molecule has 0 aliphatic carbocycles. The second kappa shape index (κ2) is 7.32. The number of hydrogen-bond donors (Lipinski definition) is 2. The van der Waals surface area contributed by atoms with E-state index in [4.69, 9.17) is 5.73 Å². The van der Waals surface area contributed by atoms with Gasteiger partial charge in [-0.25, -0.2) is 14.5 Å². The molecule has 0 aromatic heterocycles. The molecule has 4 amide bonds. The highest BCUT2D eigenvalue weighted by atomic mass is 16.2. The number of hydrogen-bond acceptors (Lipinski definition) is 2. The fraction of sp³-hybridized carbons (Fsp3) is 0.385. The molecular weight excluding hydrogens is 230 g/mol. The quantitative estimate of drug-likeness (QED) is 0.838. The Hall–Kier alpha value is -2.04. The van der Waals surface area contributed by atoms with Crippen molar-refractivity contribution in [1.82, 2.24) is 10.2 Å². The van der Waals surface area contributed by atoms with Crippen LogP contribution in [0, 0.1) is 0 Å². The van der Waals surface area contributed by atoms with E-state index in [0.717, 1.165) is 23.3 Å². The van der Waals surface area contributed by atoms with Gasteiger partial charge in [0.2, 0.25) is 0 Å². The number of nitrogens with two attached hydrogens (primary N) is 1. The van der Waals surface area contributed by atoms with Crippen LogP contribution in [-0.2, 0) is 6.54 Å². The first-order chi connectivity index (χ1) is 8.65. The average molecular weight is 249 g/mol. The van der Waals surface area contributed by atoms with Crippen LogP contribution in [0.15, 0.2) is 30.3 Å². The molecule has 3 N–H and O–H groups in total. The van der Waals surface area contributed by atoms with Gasteiger partial charge in [-0.2, -0.15) is 0 Å². The Balaban J connectivity index is 2.49. The van der Waals surface area contributed by atoms with E-state index in [1.807, 2.05) is 37.3 Å². The normalized spacial score (nSPS) is 9.83. The Kier molecular flexibility index (Phi) is 5.70. The maximum Gasteiger partial charge on any atom is 0.325 e. The summed E-state index contributed by atoms with van der Waals surface area (Å²) in [6.07, 6.45) is 1.65. The highest BCUT2D eigenvalue weighted by molar-refractivity contribution is 5.92. The number of amides is 4. The van der Waals surface area contributed by atoms with E-state index < -0.39 is 12.1 Å². The fourth-order valence-corrected chi connectivity index (χ4v) is 1.50. The average Bonchev–Trinajstić information content (AvgIpc) is 2.37. The van der Waals surface area contributed by atoms with Gasteiger partial charge in [0.25, 0.3) is 0 Å². The summed E-state index contributed by atoms with van der Waals surface area (Å²) in [6.45, 7) is 2.73. The number of unbranched alkanes of at least 4 members (excludes halogenated alkanes) is 1. The van der Waals surface area contributed by atoms with Crippen LogP contribution in [0.3, 0.4) is 0 Å². The molecule has 18 heavy (non-hydrogen) atoms. The van der Waals surface area contributed by atoms with E-state index in [9.17, 15) is 9.59 Å². The van der Waals surface area contributed by atoms with E-state index in [2.05, 4.69) is 5.32 Å². The molecule has 0 aliphatic rings. The lowest BCUT2D eigenvalue weighted by atomic mass is 10.2. The van der Waals surface area contributed by atoms with Crippen LogP contribution in [0.5, 0.6) is 0 Å². The van der Waals surface area contributed by atoms with Crippen LogP contribution in [0.2, 0.25) is 0 Å². The van der Waals surface area contributed by atoms with E-state index in [-0.39, 0.29) is 0 Å². The first kappa shape index (κ1) is 14.0. The molecule has 0 bridgehead atoms. The number of benzene rings is 1. The van der Waals surface area contributed by atoms with Crippen LogP contribution in [0.25, 0.3) is 0 Å². The predicted octanol–water partition coefficient (Wildman–Crippen LogP) is 2.08. The Morgan fingerprint density at radius 2 is 1.94 bits per heavy atom. The topological polar surface area (TPSA) is 75.4 Å². The third-order valence-corrected chi connectivity index (χ3v) is 2.53. The van der Waals surface area contributed by atoms with Crippen molar-refractivity contribution in [2.75, 3.05) is 6.54 Å². The second-order valence-electron chi connectivity index (χ2n) is 3.99. The summed E-state index contributed by atoms with van der Waals surface area (Å²) in [5, 5.41) is 2.68. The summed E-state index contributed by atoms with van der Waals surface area (Å²) in [5.74, 6) is 0. The summed E-state index contributed by atoms with van der Waals surface area (Å²) in [4.78, 5) is 24.0. The van der Waals surface area contributed by atoms with Crippen LogP contribution in [-0.4, -0.2) is 23.5 Å². The SMILES string of the molecule is CCCCN(C(N)=O)C(=O)NCc1ccccc1. The van der Waals surface area contributed by atoms with Gasteiger partial charge < -0.3 is 11.1 Å². The first-order valence-electron chi connectivity index (χ1n) is 6.04. The van der Waals surface area contributed by atoms with Crippen LogP contribution < -0.4 is 11.1 Å². The van der Waals surface area contributed by atoms with Gasteiger partial charge in [0.1, 0.15) is 0 Å². The zero-order valence-corrected chi connectivity index (χ0v) is 10.6. The lowest BCUT2D eigenvalue weighted by Crippen LogP contribution is -2.46. The molecular formula is C13H19N3O2. The van der Waals surface area contributed by atoms with Crippen molar-refractivity contribution in [3.63, 3.8) is 0 Å². The standard InChI is InChI=1S/C13H19N3O2/c1-2-3-9-16(12(14)17)13(18)15-10-11-7-5-4-6-8-11/h4-8H,2-3,9-10H2,1H3,(H2,14,17)(H,15,18). The maximum atomic E-state index is 11.8. The summed E-state index contributed by atoms with van der Waals surface area (Å²) in [6, 6.07) is 8.34.